The smallest absolute Gasteiger partial charge is 0.251 e. The summed E-state index contributed by atoms with van der Waals surface area (Å²) in [6.45, 7) is 6.24. The molecule has 2 heterocycles. The van der Waals surface area contributed by atoms with Crippen LogP contribution in [0.2, 0.25) is 0 Å². The average Bonchev–Trinajstić information content (AvgIpc) is 3.11. The summed E-state index contributed by atoms with van der Waals surface area (Å²) in [6.07, 6.45) is 4.80. The number of carbonyl (C=O) groups is 1. The van der Waals surface area contributed by atoms with Gasteiger partial charge in [0.1, 0.15) is 29.0 Å². The molecule has 7 nitrogen and oxygen atoms in total. The third-order valence-corrected chi connectivity index (χ3v) is 5.59. The van der Waals surface area contributed by atoms with E-state index in [1.165, 1.54) is 16.5 Å². The molecule has 1 aliphatic rings. The lowest BCUT2D eigenvalue weighted by atomic mass is 10.1. The molecular weight excluding hydrogens is 450 g/mol. The molecule has 0 unspecified atom stereocenters. The highest BCUT2D eigenvalue weighted by molar-refractivity contribution is 6.14. The Balaban J connectivity index is 1.50. The Kier molecular flexibility index (Phi) is 8.03. The molecule has 0 fully saturated rings. The molecule has 7 heteroatoms. The fraction of sp³-hybridized carbons (Fsp3) is 0.172. The number of likely N-dealkylation sites (N-methyl/N-ethyl adjacent to an activating group) is 1. The first kappa shape index (κ1) is 24.6. The number of amidine groups is 1. The number of nitrogens with one attached hydrogen (secondary N) is 1. The van der Waals surface area contributed by atoms with Gasteiger partial charge >= 0.3 is 0 Å². The van der Waals surface area contributed by atoms with E-state index < -0.39 is 0 Å². The number of carbonyl (C=O) groups excluding carboxylic acids is 1. The summed E-state index contributed by atoms with van der Waals surface area (Å²) >= 11 is 0. The highest BCUT2D eigenvalue weighted by atomic mass is 16.5. The zero-order valence-electron chi connectivity index (χ0n) is 20.5. The van der Waals surface area contributed by atoms with Crippen LogP contribution in [-0.2, 0) is 4.79 Å². The van der Waals surface area contributed by atoms with Crippen LogP contribution in [0.5, 0.6) is 11.5 Å². The lowest BCUT2D eigenvalue weighted by molar-refractivity contribution is -0.113. The van der Waals surface area contributed by atoms with Gasteiger partial charge in [0.05, 0.1) is 12.2 Å². The van der Waals surface area contributed by atoms with Gasteiger partial charge in [-0.1, -0.05) is 37.8 Å². The number of aliphatic imine (C=N–C) groups is 2. The van der Waals surface area contributed by atoms with Gasteiger partial charge < -0.3 is 10.1 Å². The summed E-state index contributed by atoms with van der Waals surface area (Å²) in [5.74, 6) is 3.22. The molecule has 0 spiro atoms. The topological polar surface area (TPSA) is 79.2 Å². The first-order valence-corrected chi connectivity index (χ1v) is 11.8. The first-order valence-electron chi connectivity index (χ1n) is 11.8. The van der Waals surface area contributed by atoms with Crippen molar-refractivity contribution in [2.45, 2.75) is 19.8 Å². The minimum Gasteiger partial charge on any atom is -0.457 e. The number of hydrogen-bond acceptors (Lipinski definition) is 6. The van der Waals surface area contributed by atoms with E-state index in [0.29, 0.717) is 24.6 Å². The third-order valence-electron chi connectivity index (χ3n) is 5.59. The summed E-state index contributed by atoms with van der Waals surface area (Å²) in [4.78, 5) is 27.6. The van der Waals surface area contributed by atoms with Gasteiger partial charge in [0, 0.05) is 19.2 Å². The maximum Gasteiger partial charge on any atom is 0.251 e. The van der Waals surface area contributed by atoms with Gasteiger partial charge in [0.2, 0.25) is 0 Å². The number of rotatable bonds is 7. The molecule has 4 rings (SSSR count). The standard InChI is InChI=1S/C29H29N5O2/c1-4-21-18-23(31-22-14-16-25(17-15-22)36-24-10-7-6-8-11-24)19-27(30-20-21)32-26-12-9-13-28(33-26)34(3)29(35)5-2/h5-18H,2,4,19-20H2,1,3H3,(H,30,32,33). The molecular formula is C29H29N5O2. The van der Waals surface area contributed by atoms with E-state index in [2.05, 4.69) is 29.9 Å². The Labute approximate surface area is 211 Å². The van der Waals surface area contributed by atoms with Crippen molar-refractivity contribution in [3.05, 3.63) is 97.1 Å². The largest absolute Gasteiger partial charge is 0.457 e. The van der Waals surface area contributed by atoms with Crippen molar-refractivity contribution < 1.29 is 9.53 Å². The maximum atomic E-state index is 12.0. The van der Waals surface area contributed by atoms with Crippen molar-refractivity contribution in [2.75, 3.05) is 23.8 Å². The highest BCUT2D eigenvalue weighted by Gasteiger charge is 2.13. The van der Waals surface area contributed by atoms with Gasteiger partial charge in [-0.2, -0.15) is 0 Å². The fourth-order valence-electron chi connectivity index (χ4n) is 3.58. The lowest BCUT2D eigenvalue weighted by Crippen LogP contribution is -2.25. The van der Waals surface area contributed by atoms with Crippen LogP contribution in [-0.4, -0.2) is 36.0 Å². The van der Waals surface area contributed by atoms with E-state index in [4.69, 9.17) is 14.7 Å². The zero-order chi connectivity index (χ0) is 25.3. The molecule has 0 bridgehead atoms. The van der Waals surface area contributed by atoms with Crippen molar-refractivity contribution in [1.29, 1.82) is 0 Å². The van der Waals surface area contributed by atoms with E-state index in [9.17, 15) is 4.79 Å². The minimum absolute atomic E-state index is 0.224. The molecule has 1 amide bonds. The molecule has 0 radical (unpaired) electrons. The number of anilines is 2. The van der Waals surface area contributed by atoms with E-state index in [0.717, 1.165) is 35.2 Å². The van der Waals surface area contributed by atoms with Crippen LogP contribution in [0.15, 0.2) is 107 Å². The molecule has 0 saturated heterocycles. The second-order valence-corrected chi connectivity index (χ2v) is 8.22. The number of amides is 1. The van der Waals surface area contributed by atoms with Crippen molar-refractivity contribution in [2.24, 2.45) is 9.98 Å². The molecule has 2 aromatic carbocycles. The Morgan fingerprint density at radius 3 is 2.56 bits per heavy atom. The Morgan fingerprint density at radius 2 is 1.83 bits per heavy atom. The molecule has 0 saturated carbocycles. The number of benzene rings is 2. The predicted octanol–water partition coefficient (Wildman–Crippen LogP) is 6.35. The summed E-state index contributed by atoms with van der Waals surface area (Å²) in [6, 6.07) is 22.9. The van der Waals surface area contributed by atoms with Crippen LogP contribution in [0.25, 0.3) is 0 Å². The average molecular weight is 480 g/mol. The molecule has 1 aromatic heterocycles. The fourth-order valence-corrected chi connectivity index (χ4v) is 3.58. The van der Waals surface area contributed by atoms with Gasteiger partial charge in [-0.15, -0.1) is 0 Å². The summed E-state index contributed by atoms with van der Waals surface area (Å²) in [5, 5.41) is 3.31. The number of ether oxygens (including phenoxy) is 1. The first-order chi connectivity index (χ1) is 17.5. The molecule has 3 aromatic rings. The second-order valence-electron chi connectivity index (χ2n) is 8.22. The molecule has 0 atom stereocenters. The van der Waals surface area contributed by atoms with Gasteiger partial charge in [0.15, 0.2) is 0 Å². The normalized spacial score (nSPS) is 14.3. The molecule has 36 heavy (non-hydrogen) atoms. The van der Waals surface area contributed by atoms with Gasteiger partial charge in [-0.05, 0) is 72.7 Å². The zero-order valence-corrected chi connectivity index (χ0v) is 20.5. The van der Waals surface area contributed by atoms with Crippen molar-refractivity contribution >= 4 is 34.8 Å². The Morgan fingerprint density at radius 1 is 1.08 bits per heavy atom. The van der Waals surface area contributed by atoms with Gasteiger partial charge in [-0.3, -0.25) is 19.7 Å². The minimum atomic E-state index is -0.224. The maximum absolute atomic E-state index is 12.0. The Bertz CT molecular complexity index is 1310. The number of para-hydroxylation sites is 1. The van der Waals surface area contributed by atoms with Crippen LogP contribution in [0.1, 0.15) is 19.8 Å². The van der Waals surface area contributed by atoms with Crippen molar-refractivity contribution in [1.82, 2.24) is 4.98 Å². The predicted molar refractivity (Wildman–Crippen MR) is 147 cm³/mol. The lowest BCUT2D eigenvalue weighted by Gasteiger charge is -2.15. The van der Waals surface area contributed by atoms with E-state index >= 15 is 0 Å². The van der Waals surface area contributed by atoms with Crippen LogP contribution in [0, 0.1) is 0 Å². The van der Waals surface area contributed by atoms with E-state index in [-0.39, 0.29) is 5.91 Å². The number of pyridine rings is 1. The van der Waals surface area contributed by atoms with Gasteiger partial charge in [0.25, 0.3) is 5.91 Å². The number of hydrogen-bond donors (Lipinski definition) is 1. The van der Waals surface area contributed by atoms with Crippen LogP contribution in [0.4, 0.5) is 17.3 Å². The van der Waals surface area contributed by atoms with Crippen molar-refractivity contribution in [3.8, 4) is 11.5 Å². The van der Waals surface area contributed by atoms with E-state index in [1.807, 2.05) is 66.7 Å². The second kappa shape index (κ2) is 11.8. The van der Waals surface area contributed by atoms with E-state index in [1.54, 1.807) is 13.1 Å². The summed E-state index contributed by atoms with van der Waals surface area (Å²) in [5.41, 5.74) is 2.94. The summed E-state index contributed by atoms with van der Waals surface area (Å²) < 4.78 is 5.88. The number of nitrogens with zero attached hydrogens (tertiary/aromatic N) is 4. The molecule has 0 aliphatic carbocycles. The number of aromatic nitrogens is 1. The van der Waals surface area contributed by atoms with Gasteiger partial charge in [-0.25, -0.2) is 4.98 Å². The third kappa shape index (κ3) is 6.54. The highest BCUT2D eigenvalue weighted by Crippen LogP contribution is 2.25. The quantitative estimate of drug-likeness (QED) is 0.401. The van der Waals surface area contributed by atoms with Crippen molar-refractivity contribution in [3.63, 3.8) is 0 Å². The molecule has 182 valence electrons. The Hall–Kier alpha value is -4.52. The molecule has 1 N–H and O–H groups in total. The number of allylic oxidation sites excluding steroid dienone is 1. The SMILES string of the molecule is C=CC(=O)N(C)c1cccc(NC2=NCC(CC)=CC(=Nc3ccc(Oc4ccccc4)cc3)C2)n1. The van der Waals surface area contributed by atoms with Crippen LogP contribution >= 0.6 is 0 Å². The molecule has 1 aliphatic heterocycles. The monoisotopic (exact) mass is 479 g/mol. The van der Waals surface area contributed by atoms with Crippen LogP contribution in [0.3, 0.4) is 0 Å². The van der Waals surface area contributed by atoms with Crippen LogP contribution < -0.4 is 15.0 Å². The summed E-state index contributed by atoms with van der Waals surface area (Å²) in [7, 11) is 1.66.